The highest BCUT2D eigenvalue weighted by molar-refractivity contribution is 7.98. The number of phenols is 1. The van der Waals surface area contributed by atoms with Crippen molar-refractivity contribution in [3.8, 4) is 11.5 Å². The summed E-state index contributed by atoms with van der Waals surface area (Å²) in [5.74, 6) is -3.78. The molecular weight excluding hydrogens is 454 g/mol. The number of thioether (sulfide) groups is 1. The Bertz CT molecular complexity index is 995. The third-order valence-corrected chi connectivity index (χ3v) is 5.59. The van der Waals surface area contributed by atoms with Crippen molar-refractivity contribution >= 4 is 35.6 Å². The molecule has 0 unspecified atom stereocenters. The van der Waals surface area contributed by atoms with Gasteiger partial charge in [-0.3, -0.25) is 4.79 Å². The average Bonchev–Trinajstić information content (AvgIpc) is 2.69. The minimum atomic E-state index is -1.29. The number of hydrogen-bond acceptors (Lipinski definition) is 9. The SMILES string of the molecule is COc1cc(O)c2c(c1C)C(=O)OC/C(=C\C(=O)OC(C)(C)C)C(=O)N[C@H](C(=O)O)CSC2. The summed E-state index contributed by atoms with van der Waals surface area (Å²) in [6, 6.07) is 0.0719. The number of carboxylic acid groups (broad SMARTS) is 1. The lowest BCUT2D eigenvalue weighted by Gasteiger charge is -2.21. The zero-order valence-electron chi connectivity index (χ0n) is 19.0. The maximum Gasteiger partial charge on any atom is 0.339 e. The predicted molar refractivity (Wildman–Crippen MR) is 119 cm³/mol. The highest BCUT2D eigenvalue weighted by Crippen LogP contribution is 2.35. The molecule has 1 aromatic rings. The lowest BCUT2D eigenvalue weighted by Crippen LogP contribution is -2.44. The number of cyclic esters (lactones) is 1. The van der Waals surface area contributed by atoms with E-state index in [0.29, 0.717) is 5.56 Å². The van der Waals surface area contributed by atoms with Crippen LogP contribution in [0.15, 0.2) is 17.7 Å². The van der Waals surface area contributed by atoms with Gasteiger partial charge in [-0.25, -0.2) is 14.4 Å². The number of amides is 1. The van der Waals surface area contributed by atoms with Crippen LogP contribution in [-0.4, -0.2) is 65.1 Å². The standard InChI is InChI=1S/C22H27NO9S/c1-11-16(30-5)7-15(24)13-9-33-10-14(20(27)28)23-19(26)12(8-31-21(29)18(11)13)6-17(25)32-22(2,3)4/h6-7,14,24H,8-10H2,1-5H3,(H,23,26)(H,27,28)/b12-6+/t14-/m0/s1. The molecule has 11 heteroatoms. The van der Waals surface area contributed by atoms with Gasteiger partial charge in [0.1, 0.15) is 29.7 Å². The Morgan fingerprint density at radius 2 is 1.97 bits per heavy atom. The number of nitrogens with one attached hydrogen (secondary N) is 1. The second-order valence-electron chi connectivity index (χ2n) is 8.24. The molecule has 0 fully saturated rings. The van der Waals surface area contributed by atoms with Gasteiger partial charge in [-0.1, -0.05) is 0 Å². The van der Waals surface area contributed by atoms with Crippen molar-refractivity contribution in [2.45, 2.75) is 45.1 Å². The maximum absolute atomic E-state index is 12.9. The molecule has 1 atom stereocenters. The molecule has 3 N–H and O–H groups in total. The quantitative estimate of drug-likeness (QED) is 0.432. The van der Waals surface area contributed by atoms with Gasteiger partial charge in [0.25, 0.3) is 5.91 Å². The van der Waals surface area contributed by atoms with Crippen molar-refractivity contribution in [3.05, 3.63) is 34.4 Å². The summed E-state index contributed by atoms with van der Waals surface area (Å²) in [6.45, 7) is 5.91. The Hall–Kier alpha value is -3.21. The van der Waals surface area contributed by atoms with Crippen LogP contribution in [0.1, 0.15) is 42.3 Å². The summed E-state index contributed by atoms with van der Waals surface area (Å²) in [5.41, 5.74) is -0.428. The van der Waals surface area contributed by atoms with E-state index < -0.39 is 42.1 Å². The Balaban J connectivity index is 2.52. The second kappa shape index (κ2) is 10.6. The predicted octanol–water partition coefficient (Wildman–Crippen LogP) is 1.95. The van der Waals surface area contributed by atoms with Crippen molar-refractivity contribution < 1.29 is 43.6 Å². The van der Waals surface area contributed by atoms with Crippen LogP contribution in [0.2, 0.25) is 0 Å². The van der Waals surface area contributed by atoms with E-state index in [4.69, 9.17) is 14.2 Å². The fourth-order valence-corrected chi connectivity index (χ4v) is 4.07. The molecule has 1 amide bonds. The van der Waals surface area contributed by atoms with Crippen LogP contribution in [-0.2, 0) is 29.6 Å². The Labute approximate surface area is 195 Å². The van der Waals surface area contributed by atoms with E-state index >= 15 is 0 Å². The summed E-state index contributed by atoms with van der Waals surface area (Å²) < 4.78 is 15.7. The van der Waals surface area contributed by atoms with Gasteiger partial charge in [-0.2, -0.15) is 11.8 Å². The molecule has 2 rings (SSSR count). The normalized spacial score (nSPS) is 18.8. The molecule has 0 spiro atoms. The molecule has 0 aromatic heterocycles. The molecule has 10 nitrogen and oxygen atoms in total. The molecule has 180 valence electrons. The van der Waals surface area contributed by atoms with Crippen molar-refractivity contribution in [2.75, 3.05) is 19.5 Å². The van der Waals surface area contributed by atoms with Crippen molar-refractivity contribution in [1.82, 2.24) is 5.32 Å². The number of phenolic OH excluding ortho intramolecular Hbond substituents is 1. The molecule has 1 heterocycles. The van der Waals surface area contributed by atoms with Gasteiger partial charge in [0.15, 0.2) is 0 Å². The first-order valence-corrected chi connectivity index (χ1v) is 11.1. The highest BCUT2D eigenvalue weighted by atomic mass is 32.2. The number of aromatic hydroxyl groups is 1. The minimum absolute atomic E-state index is 0.0452. The van der Waals surface area contributed by atoms with Gasteiger partial charge in [0.05, 0.1) is 18.2 Å². The fourth-order valence-electron chi connectivity index (χ4n) is 3.00. The van der Waals surface area contributed by atoms with Crippen LogP contribution < -0.4 is 10.1 Å². The molecule has 1 aromatic carbocycles. The summed E-state index contributed by atoms with van der Waals surface area (Å²) in [4.78, 5) is 49.5. The fraction of sp³-hybridized carbons (Fsp3) is 0.455. The van der Waals surface area contributed by atoms with Crippen molar-refractivity contribution in [3.63, 3.8) is 0 Å². The van der Waals surface area contributed by atoms with Crippen LogP contribution in [0.25, 0.3) is 0 Å². The monoisotopic (exact) mass is 481 g/mol. The smallest absolute Gasteiger partial charge is 0.339 e. The number of methoxy groups -OCH3 is 1. The lowest BCUT2D eigenvalue weighted by molar-refractivity contribution is -0.148. The van der Waals surface area contributed by atoms with Gasteiger partial charge < -0.3 is 29.7 Å². The number of carbonyl (C=O) groups is 4. The van der Waals surface area contributed by atoms with E-state index in [-0.39, 0.29) is 39.7 Å². The number of carboxylic acids is 1. The van der Waals surface area contributed by atoms with E-state index in [0.717, 1.165) is 17.8 Å². The first-order valence-electron chi connectivity index (χ1n) is 9.95. The maximum atomic E-state index is 12.9. The van der Waals surface area contributed by atoms with Crippen LogP contribution >= 0.6 is 11.8 Å². The molecule has 0 saturated carbocycles. The Morgan fingerprint density at radius 1 is 1.30 bits per heavy atom. The molecule has 0 saturated heterocycles. The largest absolute Gasteiger partial charge is 0.507 e. The van der Waals surface area contributed by atoms with Crippen molar-refractivity contribution in [1.29, 1.82) is 0 Å². The van der Waals surface area contributed by atoms with E-state index in [1.54, 1.807) is 27.7 Å². The van der Waals surface area contributed by atoms with Crippen LogP contribution in [0, 0.1) is 6.92 Å². The Morgan fingerprint density at radius 3 is 2.55 bits per heavy atom. The molecule has 0 radical (unpaired) electrons. The van der Waals surface area contributed by atoms with Gasteiger partial charge >= 0.3 is 17.9 Å². The number of rotatable bonds is 3. The zero-order chi connectivity index (χ0) is 24.9. The first kappa shape index (κ1) is 26.0. The number of fused-ring (bicyclic) bond motifs is 1. The van der Waals surface area contributed by atoms with E-state index in [1.165, 1.54) is 13.2 Å². The van der Waals surface area contributed by atoms with Crippen molar-refractivity contribution in [2.24, 2.45) is 0 Å². The van der Waals surface area contributed by atoms with Crippen LogP contribution in [0.4, 0.5) is 0 Å². The molecule has 0 bridgehead atoms. The average molecular weight is 482 g/mol. The zero-order valence-corrected chi connectivity index (χ0v) is 19.8. The van der Waals surface area contributed by atoms with E-state index in [2.05, 4.69) is 5.32 Å². The van der Waals surface area contributed by atoms with E-state index in [1.807, 2.05) is 0 Å². The highest BCUT2D eigenvalue weighted by Gasteiger charge is 2.28. The first-order chi connectivity index (χ1) is 15.3. The lowest BCUT2D eigenvalue weighted by atomic mass is 10.0. The molecule has 1 aliphatic heterocycles. The number of esters is 2. The van der Waals surface area contributed by atoms with Gasteiger partial charge in [0, 0.05) is 34.8 Å². The second-order valence-corrected chi connectivity index (χ2v) is 9.27. The summed E-state index contributed by atoms with van der Waals surface area (Å²) in [6.07, 6.45) is 0.864. The summed E-state index contributed by atoms with van der Waals surface area (Å²) in [5, 5.41) is 22.3. The topological polar surface area (TPSA) is 148 Å². The third-order valence-electron chi connectivity index (χ3n) is 4.53. The molecule has 0 aliphatic carbocycles. The number of aliphatic carboxylic acids is 1. The minimum Gasteiger partial charge on any atom is -0.507 e. The summed E-state index contributed by atoms with van der Waals surface area (Å²) in [7, 11) is 1.38. The Kier molecular flexibility index (Phi) is 8.37. The third kappa shape index (κ3) is 6.88. The number of ether oxygens (including phenoxy) is 3. The number of benzene rings is 1. The van der Waals surface area contributed by atoms with Gasteiger partial charge in [-0.05, 0) is 27.7 Å². The molecule has 33 heavy (non-hydrogen) atoms. The molecule has 1 aliphatic rings. The summed E-state index contributed by atoms with van der Waals surface area (Å²) >= 11 is 1.10. The molecular formula is C22H27NO9S. The van der Waals surface area contributed by atoms with Crippen LogP contribution in [0.5, 0.6) is 11.5 Å². The number of carbonyl (C=O) groups excluding carboxylic acids is 3. The van der Waals surface area contributed by atoms with Crippen LogP contribution in [0.3, 0.4) is 0 Å². The van der Waals surface area contributed by atoms with Gasteiger partial charge in [0.2, 0.25) is 0 Å². The van der Waals surface area contributed by atoms with E-state index in [9.17, 15) is 29.4 Å². The van der Waals surface area contributed by atoms with Gasteiger partial charge in [-0.15, -0.1) is 0 Å². The number of hydrogen-bond donors (Lipinski definition) is 3.